The fraction of sp³-hybridized carbons (Fsp3) is 0.222. The molecular formula is C18H14ClFN4O. The highest BCUT2D eigenvalue weighted by Gasteiger charge is 2.35. The Labute approximate surface area is 148 Å². The van der Waals surface area contributed by atoms with E-state index in [-0.39, 0.29) is 16.9 Å². The second-order valence-electron chi connectivity index (χ2n) is 6.18. The molecule has 0 N–H and O–H groups in total. The summed E-state index contributed by atoms with van der Waals surface area (Å²) in [5.41, 5.74) is 3.31. The van der Waals surface area contributed by atoms with Gasteiger partial charge in [-0.25, -0.2) is 0 Å². The van der Waals surface area contributed by atoms with Crippen LogP contribution in [0.4, 0.5) is 10.3 Å². The summed E-state index contributed by atoms with van der Waals surface area (Å²) in [6, 6.07) is 7.04. The number of carbonyl (C=O) groups excluding carboxylic acids is 1. The number of halogens is 2. The minimum Gasteiger partial charge on any atom is -0.272 e. The molecule has 0 aliphatic heterocycles. The van der Waals surface area contributed by atoms with E-state index in [4.69, 9.17) is 11.6 Å². The first kappa shape index (κ1) is 15.9. The van der Waals surface area contributed by atoms with Gasteiger partial charge in [-0.15, -0.1) is 15.3 Å². The second-order valence-corrected chi connectivity index (χ2v) is 6.59. The van der Waals surface area contributed by atoms with Crippen LogP contribution >= 0.6 is 11.6 Å². The molecule has 0 radical (unpaired) electrons. The lowest BCUT2D eigenvalue weighted by molar-refractivity contribution is -0.122. The summed E-state index contributed by atoms with van der Waals surface area (Å²) < 4.78 is 14.3. The third-order valence-corrected chi connectivity index (χ3v) is 4.57. The van der Waals surface area contributed by atoms with Crippen molar-refractivity contribution >= 4 is 34.2 Å². The number of fused-ring (bicyclic) bond motifs is 1. The number of carbonyl (C=O) groups is 1. The van der Waals surface area contributed by atoms with Gasteiger partial charge in [-0.3, -0.25) is 9.78 Å². The van der Waals surface area contributed by atoms with Gasteiger partial charge in [0.1, 0.15) is 5.52 Å². The standard InChI is InChI=1S/C18H14ClFN4O/c1-10-9-21-5-4-14(10)12-6-13-8-16(22-23-17(13)15(19)7-12)24(20)18(25)11-2-3-11/h4-9,11H,2-3H2,1H3. The largest absolute Gasteiger partial charge is 0.272 e. The molecule has 0 bridgehead atoms. The highest BCUT2D eigenvalue weighted by atomic mass is 35.5. The average molecular weight is 357 g/mol. The van der Waals surface area contributed by atoms with Crippen molar-refractivity contribution in [3.8, 4) is 11.1 Å². The van der Waals surface area contributed by atoms with E-state index in [1.165, 1.54) is 6.07 Å². The van der Waals surface area contributed by atoms with Gasteiger partial charge in [0.15, 0.2) is 5.82 Å². The Morgan fingerprint density at radius 2 is 2.08 bits per heavy atom. The molecule has 2 aromatic heterocycles. The predicted molar refractivity (Wildman–Crippen MR) is 93.8 cm³/mol. The quantitative estimate of drug-likeness (QED) is 0.657. The highest BCUT2D eigenvalue weighted by Crippen LogP contribution is 2.34. The minimum atomic E-state index is -0.569. The number of hydrogen-bond acceptors (Lipinski definition) is 4. The van der Waals surface area contributed by atoms with Gasteiger partial charge in [-0.2, -0.15) is 0 Å². The molecule has 5 nitrogen and oxygen atoms in total. The fourth-order valence-corrected chi connectivity index (χ4v) is 3.02. The summed E-state index contributed by atoms with van der Waals surface area (Å²) in [4.78, 5) is 16.0. The molecule has 0 unspecified atom stereocenters. The van der Waals surface area contributed by atoms with E-state index >= 15 is 0 Å². The van der Waals surface area contributed by atoms with Crippen molar-refractivity contribution in [2.75, 3.05) is 5.12 Å². The lowest BCUT2D eigenvalue weighted by Crippen LogP contribution is -2.24. The normalized spacial score (nSPS) is 13.9. The van der Waals surface area contributed by atoms with E-state index in [1.54, 1.807) is 18.5 Å². The van der Waals surface area contributed by atoms with Crippen molar-refractivity contribution in [3.05, 3.63) is 47.2 Å². The van der Waals surface area contributed by atoms with Gasteiger partial charge in [0.05, 0.1) is 5.02 Å². The van der Waals surface area contributed by atoms with Crippen molar-refractivity contribution < 1.29 is 9.28 Å². The Morgan fingerprint density at radius 1 is 1.28 bits per heavy atom. The van der Waals surface area contributed by atoms with E-state index in [0.717, 1.165) is 29.5 Å². The van der Waals surface area contributed by atoms with Gasteiger partial charge in [-0.1, -0.05) is 16.1 Å². The van der Waals surface area contributed by atoms with E-state index in [1.807, 2.05) is 19.1 Å². The van der Waals surface area contributed by atoms with Crippen molar-refractivity contribution in [2.45, 2.75) is 19.8 Å². The van der Waals surface area contributed by atoms with Crippen molar-refractivity contribution in [2.24, 2.45) is 5.92 Å². The van der Waals surface area contributed by atoms with Crippen LogP contribution in [-0.2, 0) is 4.79 Å². The van der Waals surface area contributed by atoms with Gasteiger partial charge >= 0.3 is 0 Å². The molecule has 2 heterocycles. The lowest BCUT2D eigenvalue weighted by atomic mass is 10.0. The van der Waals surface area contributed by atoms with Crippen molar-refractivity contribution in [3.63, 3.8) is 0 Å². The number of benzene rings is 1. The summed E-state index contributed by atoms with van der Waals surface area (Å²) in [5.74, 6) is -0.929. The number of aryl methyl sites for hydroxylation is 1. The zero-order chi connectivity index (χ0) is 17.6. The summed E-state index contributed by atoms with van der Waals surface area (Å²) in [5, 5.41) is 8.92. The van der Waals surface area contributed by atoms with Crippen molar-refractivity contribution in [1.82, 2.24) is 15.2 Å². The SMILES string of the molecule is Cc1cnccc1-c1cc(Cl)c2nnc(N(F)C(=O)C3CC3)cc2c1. The van der Waals surface area contributed by atoms with Crippen molar-refractivity contribution in [1.29, 1.82) is 0 Å². The van der Waals surface area contributed by atoms with Crippen LogP contribution in [0.15, 0.2) is 36.7 Å². The second kappa shape index (κ2) is 6.04. The third-order valence-electron chi connectivity index (χ3n) is 4.28. The van der Waals surface area contributed by atoms with Crippen LogP contribution in [0.25, 0.3) is 22.0 Å². The number of pyridine rings is 1. The van der Waals surface area contributed by atoms with E-state index < -0.39 is 5.91 Å². The Kier molecular flexibility index (Phi) is 3.84. The molecule has 126 valence electrons. The summed E-state index contributed by atoms with van der Waals surface area (Å²) in [6.07, 6.45) is 4.91. The maximum absolute atomic E-state index is 14.3. The van der Waals surface area contributed by atoms with Crippen LogP contribution < -0.4 is 5.12 Å². The predicted octanol–water partition coefficient (Wildman–Crippen LogP) is 4.28. The Morgan fingerprint density at radius 3 is 2.80 bits per heavy atom. The van der Waals surface area contributed by atoms with Crippen LogP contribution in [-0.4, -0.2) is 21.1 Å². The number of nitrogens with zero attached hydrogens (tertiary/aromatic N) is 4. The molecule has 25 heavy (non-hydrogen) atoms. The molecule has 0 saturated heterocycles. The molecule has 0 atom stereocenters. The van der Waals surface area contributed by atoms with Gasteiger partial charge in [-0.05, 0) is 60.7 Å². The summed E-state index contributed by atoms with van der Waals surface area (Å²) in [6.45, 7) is 1.95. The minimum absolute atomic E-state index is 0.0857. The molecule has 0 spiro atoms. The molecule has 1 aromatic carbocycles. The molecule has 1 saturated carbocycles. The van der Waals surface area contributed by atoms with E-state index in [2.05, 4.69) is 15.2 Å². The van der Waals surface area contributed by atoms with Gasteiger partial charge in [0.25, 0.3) is 5.91 Å². The first-order valence-corrected chi connectivity index (χ1v) is 8.30. The first-order valence-electron chi connectivity index (χ1n) is 7.92. The fourth-order valence-electron chi connectivity index (χ4n) is 2.76. The Hall–Kier alpha value is -2.60. The van der Waals surface area contributed by atoms with Crippen LogP contribution in [0.2, 0.25) is 5.02 Å². The molecule has 1 fully saturated rings. The number of amides is 1. The maximum atomic E-state index is 14.3. The van der Waals surface area contributed by atoms with Gasteiger partial charge in [0, 0.05) is 23.7 Å². The Balaban J connectivity index is 1.81. The zero-order valence-corrected chi connectivity index (χ0v) is 14.2. The molecule has 1 aliphatic rings. The average Bonchev–Trinajstić information content (AvgIpc) is 3.45. The topological polar surface area (TPSA) is 59.0 Å². The smallest absolute Gasteiger partial charge is 0.259 e. The first-order chi connectivity index (χ1) is 12.0. The van der Waals surface area contributed by atoms with Crippen LogP contribution in [0, 0.1) is 12.8 Å². The Bertz CT molecular complexity index is 990. The summed E-state index contributed by atoms with van der Waals surface area (Å²) in [7, 11) is 0. The summed E-state index contributed by atoms with van der Waals surface area (Å²) >= 11 is 6.33. The van der Waals surface area contributed by atoms with E-state index in [9.17, 15) is 9.28 Å². The maximum Gasteiger partial charge on any atom is 0.259 e. The molecule has 4 rings (SSSR count). The molecule has 1 amide bonds. The monoisotopic (exact) mass is 356 g/mol. The number of anilines is 1. The third kappa shape index (κ3) is 2.93. The number of rotatable bonds is 3. The molecule has 7 heteroatoms. The zero-order valence-electron chi connectivity index (χ0n) is 13.4. The number of aromatic nitrogens is 3. The van der Waals surface area contributed by atoms with Gasteiger partial charge in [0.2, 0.25) is 0 Å². The van der Waals surface area contributed by atoms with Crippen LogP contribution in [0.1, 0.15) is 18.4 Å². The van der Waals surface area contributed by atoms with Crippen LogP contribution in [0.3, 0.4) is 0 Å². The lowest BCUT2D eigenvalue weighted by Gasteiger charge is -2.12. The van der Waals surface area contributed by atoms with Gasteiger partial charge < -0.3 is 0 Å². The molecular weight excluding hydrogens is 343 g/mol. The molecule has 1 aliphatic carbocycles. The highest BCUT2D eigenvalue weighted by molar-refractivity contribution is 6.35. The number of hydrogen-bond donors (Lipinski definition) is 0. The molecule has 3 aromatic rings. The van der Waals surface area contributed by atoms with Crippen LogP contribution in [0.5, 0.6) is 0 Å². The van der Waals surface area contributed by atoms with E-state index in [0.29, 0.717) is 15.9 Å².